The van der Waals surface area contributed by atoms with Crippen molar-refractivity contribution >= 4 is 27.5 Å². The Kier molecular flexibility index (Phi) is 4.82. The lowest BCUT2D eigenvalue weighted by molar-refractivity contribution is 0.842. The molecule has 0 aliphatic carbocycles. The van der Waals surface area contributed by atoms with Crippen LogP contribution in [0.4, 0.5) is 0 Å². The highest BCUT2D eigenvalue weighted by Gasteiger charge is 2.19. The van der Waals surface area contributed by atoms with Gasteiger partial charge in [-0.15, -0.1) is 0 Å². The number of hydrogen-bond acceptors (Lipinski definition) is 1. The molecule has 0 spiro atoms. The Morgan fingerprint density at radius 2 is 1.33 bits per heavy atom. The lowest BCUT2D eigenvalue weighted by atomic mass is 9.84. The molecule has 2 aromatic rings. The van der Waals surface area contributed by atoms with Crippen molar-refractivity contribution in [1.82, 2.24) is 0 Å². The van der Waals surface area contributed by atoms with Crippen molar-refractivity contribution in [2.24, 2.45) is 5.73 Å². The van der Waals surface area contributed by atoms with Gasteiger partial charge < -0.3 is 5.73 Å². The molecule has 0 saturated carbocycles. The molecule has 0 aliphatic heterocycles. The molecule has 2 rings (SSSR count). The van der Waals surface area contributed by atoms with Gasteiger partial charge >= 0.3 is 0 Å². The first-order valence-electron chi connectivity index (χ1n) is 7.02. The molecule has 0 saturated heterocycles. The van der Waals surface area contributed by atoms with Gasteiger partial charge in [0.1, 0.15) is 0 Å². The molecule has 2 N–H and O–H groups in total. The van der Waals surface area contributed by atoms with Crippen molar-refractivity contribution in [1.29, 1.82) is 0 Å². The second kappa shape index (κ2) is 6.12. The van der Waals surface area contributed by atoms with Gasteiger partial charge in [0.2, 0.25) is 0 Å². The van der Waals surface area contributed by atoms with Gasteiger partial charge in [-0.05, 0) is 91.8 Å². The van der Waals surface area contributed by atoms with Crippen molar-refractivity contribution in [3.8, 4) is 0 Å². The topological polar surface area (TPSA) is 26.0 Å². The minimum atomic E-state index is -0.169. The average molecular weight is 367 g/mol. The second-order valence-electron chi connectivity index (χ2n) is 5.72. The first-order chi connectivity index (χ1) is 9.73. The molecular weight excluding hydrogens is 346 g/mol. The Morgan fingerprint density at radius 1 is 0.857 bits per heavy atom. The molecule has 0 heterocycles. The standard InChI is InChI=1S/C18H21BrClN/c1-9-10(2)12(4)17(13(5)11(9)3)18(21)14-6-15(19)8-16(20)7-14/h6-8,18H,21H2,1-5H3. The summed E-state index contributed by atoms with van der Waals surface area (Å²) in [5, 5.41) is 0.700. The van der Waals surface area contributed by atoms with Gasteiger partial charge in [-0.3, -0.25) is 0 Å². The molecular formula is C18H21BrClN. The number of benzene rings is 2. The van der Waals surface area contributed by atoms with Crippen LogP contribution in [0.25, 0.3) is 0 Å². The third kappa shape index (κ3) is 3.03. The molecule has 112 valence electrons. The van der Waals surface area contributed by atoms with E-state index in [9.17, 15) is 0 Å². The maximum atomic E-state index is 6.56. The summed E-state index contributed by atoms with van der Waals surface area (Å²) in [5.74, 6) is 0. The van der Waals surface area contributed by atoms with E-state index in [4.69, 9.17) is 17.3 Å². The summed E-state index contributed by atoms with van der Waals surface area (Å²) in [6, 6.07) is 5.70. The third-order valence-corrected chi connectivity index (χ3v) is 5.29. The fourth-order valence-electron chi connectivity index (χ4n) is 2.92. The van der Waals surface area contributed by atoms with Crippen molar-refractivity contribution in [3.05, 3.63) is 66.6 Å². The third-order valence-electron chi connectivity index (χ3n) is 4.61. The molecule has 0 bridgehead atoms. The van der Waals surface area contributed by atoms with Gasteiger partial charge in [-0.25, -0.2) is 0 Å². The quantitative estimate of drug-likeness (QED) is 0.725. The molecule has 0 fully saturated rings. The van der Waals surface area contributed by atoms with E-state index in [1.54, 1.807) is 0 Å². The molecule has 0 aliphatic rings. The van der Waals surface area contributed by atoms with Crippen LogP contribution in [0.1, 0.15) is 45.0 Å². The summed E-state index contributed by atoms with van der Waals surface area (Å²) in [4.78, 5) is 0. The molecule has 3 heteroatoms. The summed E-state index contributed by atoms with van der Waals surface area (Å²) in [5.41, 5.74) is 15.4. The Bertz CT molecular complexity index is 658. The van der Waals surface area contributed by atoms with E-state index in [0.717, 1.165) is 10.0 Å². The van der Waals surface area contributed by atoms with E-state index in [-0.39, 0.29) is 6.04 Å². The molecule has 0 aromatic heterocycles. The zero-order valence-electron chi connectivity index (χ0n) is 13.1. The van der Waals surface area contributed by atoms with E-state index in [1.165, 1.54) is 33.4 Å². The number of halogens is 2. The summed E-state index contributed by atoms with van der Waals surface area (Å²) in [7, 11) is 0. The highest BCUT2D eigenvalue weighted by Crippen LogP contribution is 2.34. The fraction of sp³-hybridized carbons (Fsp3) is 0.333. The Labute approximate surface area is 140 Å². The maximum Gasteiger partial charge on any atom is 0.0558 e. The SMILES string of the molecule is Cc1c(C)c(C)c(C(N)c2cc(Cl)cc(Br)c2)c(C)c1C. The minimum Gasteiger partial charge on any atom is -0.320 e. The van der Waals surface area contributed by atoms with Crippen molar-refractivity contribution in [2.45, 2.75) is 40.7 Å². The van der Waals surface area contributed by atoms with Crippen LogP contribution in [0.15, 0.2) is 22.7 Å². The van der Waals surface area contributed by atoms with Crippen LogP contribution in [0.5, 0.6) is 0 Å². The van der Waals surface area contributed by atoms with E-state index >= 15 is 0 Å². The van der Waals surface area contributed by atoms with Crippen LogP contribution >= 0.6 is 27.5 Å². The summed E-state index contributed by atoms with van der Waals surface area (Å²) in [6.45, 7) is 10.8. The average Bonchev–Trinajstić information content (AvgIpc) is 2.42. The summed E-state index contributed by atoms with van der Waals surface area (Å²) in [6.07, 6.45) is 0. The molecule has 1 unspecified atom stereocenters. The highest BCUT2D eigenvalue weighted by atomic mass is 79.9. The van der Waals surface area contributed by atoms with Gasteiger partial charge in [0.05, 0.1) is 6.04 Å². The Morgan fingerprint density at radius 3 is 1.81 bits per heavy atom. The second-order valence-corrected chi connectivity index (χ2v) is 7.07. The predicted molar refractivity (Wildman–Crippen MR) is 95.3 cm³/mol. The number of nitrogens with two attached hydrogens (primary N) is 1. The van der Waals surface area contributed by atoms with E-state index in [0.29, 0.717) is 5.02 Å². The normalized spacial score (nSPS) is 12.6. The maximum absolute atomic E-state index is 6.56. The lowest BCUT2D eigenvalue weighted by Crippen LogP contribution is -2.17. The van der Waals surface area contributed by atoms with E-state index in [1.807, 2.05) is 18.2 Å². The molecule has 0 amide bonds. The van der Waals surface area contributed by atoms with Crippen LogP contribution in [0.3, 0.4) is 0 Å². The number of hydrogen-bond donors (Lipinski definition) is 1. The van der Waals surface area contributed by atoms with Crippen LogP contribution in [0, 0.1) is 34.6 Å². The van der Waals surface area contributed by atoms with Crippen molar-refractivity contribution < 1.29 is 0 Å². The molecule has 2 aromatic carbocycles. The first kappa shape index (κ1) is 16.5. The van der Waals surface area contributed by atoms with Crippen LogP contribution < -0.4 is 5.73 Å². The Hall–Kier alpha value is -0.830. The van der Waals surface area contributed by atoms with Gasteiger partial charge in [-0.1, -0.05) is 27.5 Å². The van der Waals surface area contributed by atoms with E-state index in [2.05, 4.69) is 50.5 Å². The van der Waals surface area contributed by atoms with Crippen molar-refractivity contribution in [3.63, 3.8) is 0 Å². The largest absolute Gasteiger partial charge is 0.320 e. The van der Waals surface area contributed by atoms with Crippen LogP contribution in [0.2, 0.25) is 5.02 Å². The smallest absolute Gasteiger partial charge is 0.0558 e. The number of rotatable bonds is 2. The van der Waals surface area contributed by atoms with Gasteiger partial charge in [0.15, 0.2) is 0 Å². The van der Waals surface area contributed by atoms with Crippen molar-refractivity contribution in [2.75, 3.05) is 0 Å². The summed E-state index contributed by atoms with van der Waals surface area (Å²) < 4.78 is 0.955. The first-order valence-corrected chi connectivity index (χ1v) is 8.19. The lowest BCUT2D eigenvalue weighted by Gasteiger charge is -2.23. The zero-order chi connectivity index (χ0) is 15.9. The Balaban J connectivity index is 2.66. The minimum absolute atomic E-state index is 0.169. The fourth-order valence-corrected chi connectivity index (χ4v) is 3.80. The van der Waals surface area contributed by atoms with Gasteiger partial charge in [-0.2, -0.15) is 0 Å². The summed E-state index contributed by atoms with van der Waals surface area (Å²) >= 11 is 9.65. The molecule has 0 radical (unpaired) electrons. The van der Waals surface area contributed by atoms with Gasteiger partial charge in [0, 0.05) is 9.50 Å². The highest BCUT2D eigenvalue weighted by molar-refractivity contribution is 9.10. The van der Waals surface area contributed by atoms with Gasteiger partial charge in [0.25, 0.3) is 0 Å². The van der Waals surface area contributed by atoms with Crippen LogP contribution in [-0.4, -0.2) is 0 Å². The monoisotopic (exact) mass is 365 g/mol. The molecule has 1 nitrogen and oxygen atoms in total. The molecule has 1 atom stereocenters. The predicted octanol–water partition coefficient (Wildman–Crippen LogP) is 5.69. The zero-order valence-corrected chi connectivity index (χ0v) is 15.5. The van der Waals surface area contributed by atoms with E-state index < -0.39 is 0 Å². The van der Waals surface area contributed by atoms with Crippen LogP contribution in [-0.2, 0) is 0 Å². The molecule has 21 heavy (non-hydrogen) atoms.